The molecule has 3 aromatic carbocycles. The molecule has 6 nitrogen and oxygen atoms in total. The number of esters is 1. The van der Waals surface area contributed by atoms with Crippen molar-refractivity contribution in [3.8, 4) is 0 Å². The summed E-state index contributed by atoms with van der Waals surface area (Å²) in [5.41, 5.74) is 6.73. The van der Waals surface area contributed by atoms with E-state index in [0.717, 1.165) is 23.2 Å². The Morgan fingerprint density at radius 1 is 1.03 bits per heavy atom. The highest BCUT2D eigenvalue weighted by Gasteiger charge is 2.34. The summed E-state index contributed by atoms with van der Waals surface area (Å²) in [5, 5.41) is 4.22. The first kappa shape index (κ1) is 21.8. The highest BCUT2D eigenvalue weighted by atomic mass is 16.5. The van der Waals surface area contributed by atoms with Crippen molar-refractivity contribution in [1.29, 1.82) is 0 Å². The number of rotatable bonds is 4. The molecule has 0 spiro atoms. The monoisotopic (exact) mass is 453 g/mol. The highest BCUT2D eigenvalue weighted by molar-refractivity contribution is 5.93. The molecule has 0 fully saturated rings. The first-order chi connectivity index (χ1) is 16.5. The summed E-state index contributed by atoms with van der Waals surface area (Å²) in [7, 11) is 0. The zero-order valence-corrected chi connectivity index (χ0v) is 19.3. The van der Waals surface area contributed by atoms with Crippen molar-refractivity contribution in [3.63, 3.8) is 0 Å². The van der Waals surface area contributed by atoms with Crippen LogP contribution in [-0.2, 0) is 11.2 Å². The molecule has 1 aliphatic rings. The van der Waals surface area contributed by atoms with Gasteiger partial charge in [0.05, 0.1) is 18.2 Å². The summed E-state index contributed by atoms with van der Waals surface area (Å²) in [5.74, 6) is -0.373. The normalized spacial score (nSPS) is 15.1. The Morgan fingerprint density at radius 3 is 2.50 bits per heavy atom. The predicted molar refractivity (Wildman–Crippen MR) is 133 cm³/mol. The van der Waals surface area contributed by atoms with Crippen molar-refractivity contribution in [2.24, 2.45) is 0 Å². The minimum atomic E-state index is -0.373. The molecule has 34 heavy (non-hydrogen) atoms. The summed E-state index contributed by atoms with van der Waals surface area (Å²) in [6.45, 7) is 4.75. The molecule has 0 radical (unpaired) electrons. The molecule has 0 bridgehead atoms. The largest absolute Gasteiger partial charge is 0.462 e. The van der Waals surface area contributed by atoms with Gasteiger partial charge in [-0.1, -0.05) is 48.0 Å². The van der Waals surface area contributed by atoms with E-state index in [2.05, 4.69) is 59.7 Å². The number of para-hydroxylation sites is 1. The van der Waals surface area contributed by atoms with Crippen LogP contribution in [0.1, 0.15) is 45.7 Å². The van der Waals surface area contributed by atoms with E-state index in [4.69, 9.17) is 4.74 Å². The average Bonchev–Trinajstić information content (AvgIpc) is 3.23. The van der Waals surface area contributed by atoms with Crippen molar-refractivity contribution in [1.82, 2.24) is 9.88 Å². The molecule has 4 aromatic rings. The van der Waals surface area contributed by atoms with E-state index in [1.807, 2.05) is 11.0 Å². The second kappa shape index (κ2) is 9.06. The summed E-state index contributed by atoms with van der Waals surface area (Å²) >= 11 is 0. The minimum absolute atomic E-state index is 0.182. The van der Waals surface area contributed by atoms with Crippen molar-refractivity contribution >= 4 is 28.6 Å². The van der Waals surface area contributed by atoms with Gasteiger partial charge in [0.1, 0.15) is 0 Å². The molecule has 0 saturated carbocycles. The summed E-state index contributed by atoms with van der Waals surface area (Å²) in [6, 6.07) is 23.0. The van der Waals surface area contributed by atoms with Gasteiger partial charge in [0.15, 0.2) is 0 Å². The number of urea groups is 1. The van der Waals surface area contributed by atoms with Crippen molar-refractivity contribution in [2.45, 2.75) is 26.3 Å². The number of ether oxygens (including phenoxy) is 1. The number of carbonyl (C=O) groups excluding carboxylic acids is 2. The standard InChI is InChI=1S/C28H27N3O3/c1-3-34-27(32)20-12-14-21(15-13-20)29-28(33)31-17-16-23-22-6-4-5-7-24(22)30-25(23)26(31)19-10-8-18(2)9-11-19/h4-15,26,30H,3,16-17H2,1-2H3,(H,29,33). The second-order valence-electron chi connectivity index (χ2n) is 8.55. The predicted octanol–water partition coefficient (Wildman–Crippen LogP) is 5.83. The number of H-pyrrole nitrogens is 1. The lowest BCUT2D eigenvalue weighted by Gasteiger charge is -2.36. The molecule has 1 aliphatic heterocycles. The first-order valence-electron chi connectivity index (χ1n) is 11.6. The first-order valence-corrected chi connectivity index (χ1v) is 11.6. The molecule has 1 atom stereocenters. The molecule has 2 amide bonds. The molecule has 6 heteroatoms. The van der Waals surface area contributed by atoms with Crippen LogP contribution >= 0.6 is 0 Å². The third kappa shape index (κ3) is 4.03. The maximum Gasteiger partial charge on any atom is 0.338 e. The number of hydrogen-bond acceptors (Lipinski definition) is 3. The van der Waals surface area contributed by atoms with Gasteiger partial charge in [0.25, 0.3) is 0 Å². The third-order valence-electron chi connectivity index (χ3n) is 6.34. The number of anilines is 1. The quantitative estimate of drug-likeness (QED) is 0.382. The topological polar surface area (TPSA) is 74.4 Å². The zero-order chi connectivity index (χ0) is 23.7. The molecular weight excluding hydrogens is 426 g/mol. The van der Waals surface area contributed by atoms with Gasteiger partial charge in [-0.25, -0.2) is 9.59 Å². The van der Waals surface area contributed by atoms with Crippen LogP contribution in [0.2, 0.25) is 0 Å². The van der Waals surface area contributed by atoms with Crippen LogP contribution < -0.4 is 5.32 Å². The molecule has 0 aliphatic carbocycles. The fourth-order valence-corrected chi connectivity index (χ4v) is 4.65. The number of carbonyl (C=O) groups is 2. The molecule has 5 rings (SSSR count). The Kier molecular flexibility index (Phi) is 5.80. The van der Waals surface area contributed by atoms with Gasteiger partial charge >= 0.3 is 12.0 Å². The molecule has 172 valence electrons. The number of amides is 2. The van der Waals surface area contributed by atoms with Gasteiger partial charge in [-0.2, -0.15) is 0 Å². The van der Waals surface area contributed by atoms with Gasteiger partial charge < -0.3 is 19.9 Å². The summed E-state index contributed by atoms with van der Waals surface area (Å²) < 4.78 is 5.04. The van der Waals surface area contributed by atoms with Crippen LogP contribution in [0.25, 0.3) is 10.9 Å². The molecule has 0 saturated heterocycles. The maximum absolute atomic E-state index is 13.5. The Balaban J connectivity index is 1.46. The van der Waals surface area contributed by atoms with E-state index in [0.29, 0.717) is 24.4 Å². The van der Waals surface area contributed by atoms with Gasteiger partial charge in [0.2, 0.25) is 0 Å². The molecule has 2 N–H and O–H groups in total. The zero-order valence-electron chi connectivity index (χ0n) is 19.3. The van der Waals surface area contributed by atoms with Crippen LogP contribution in [0.4, 0.5) is 10.5 Å². The molecule has 1 unspecified atom stereocenters. The smallest absolute Gasteiger partial charge is 0.338 e. The average molecular weight is 454 g/mol. The van der Waals surface area contributed by atoms with E-state index >= 15 is 0 Å². The lowest BCUT2D eigenvalue weighted by molar-refractivity contribution is 0.0526. The lowest BCUT2D eigenvalue weighted by Crippen LogP contribution is -2.43. The number of nitrogens with zero attached hydrogens (tertiary/aromatic N) is 1. The molecule has 2 heterocycles. The molecule has 1 aromatic heterocycles. The van der Waals surface area contributed by atoms with Gasteiger partial charge in [-0.15, -0.1) is 0 Å². The van der Waals surface area contributed by atoms with Gasteiger partial charge in [-0.3, -0.25) is 0 Å². The minimum Gasteiger partial charge on any atom is -0.462 e. The number of aromatic nitrogens is 1. The van der Waals surface area contributed by atoms with Crippen molar-refractivity contribution in [2.75, 3.05) is 18.5 Å². The maximum atomic E-state index is 13.5. The van der Waals surface area contributed by atoms with Crippen LogP contribution in [0, 0.1) is 6.92 Å². The van der Waals surface area contributed by atoms with Crippen molar-refractivity contribution < 1.29 is 14.3 Å². The third-order valence-corrected chi connectivity index (χ3v) is 6.34. The Bertz CT molecular complexity index is 1340. The molecular formula is C28H27N3O3. The number of fused-ring (bicyclic) bond motifs is 3. The number of aromatic amines is 1. The van der Waals surface area contributed by atoms with Crippen molar-refractivity contribution in [3.05, 3.63) is 101 Å². The van der Waals surface area contributed by atoms with Crippen LogP contribution in [-0.4, -0.2) is 35.0 Å². The van der Waals surface area contributed by atoms with Gasteiger partial charge in [0, 0.05) is 28.8 Å². The van der Waals surface area contributed by atoms with Crippen LogP contribution in [0.5, 0.6) is 0 Å². The lowest BCUT2D eigenvalue weighted by atomic mass is 9.92. The summed E-state index contributed by atoms with van der Waals surface area (Å²) in [6.07, 6.45) is 0.775. The van der Waals surface area contributed by atoms with Crippen LogP contribution in [0.3, 0.4) is 0 Å². The van der Waals surface area contributed by atoms with E-state index < -0.39 is 0 Å². The summed E-state index contributed by atoms with van der Waals surface area (Å²) in [4.78, 5) is 30.9. The van der Waals surface area contributed by atoms with E-state index in [-0.39, 0.29) is 18.0 Å². The fraction of sp³-hybridized carbons (Fsp3) is 0.214. The van der Waals surface area contributed by atoms with E-state index in [9.17, 15) is 9.59 Å². The van der Waals surface area contributed by atoms with E-state index in [1.54, 1.807) is 31.2 Å². The highest BCUT2D eigenvalue weighted by Crippen LogP contribution is 2.38. The number of hydrogen-bond donors (Lipinski definition) is 2. The number of aryl methyl sites for hydroxylation is 1. The Morgan fingerprint density at radius 2 is 1.76 bits per heavy atom. The SMILES string of the molecule is CCOC(=O)c1ccc(NC(=O)N2CCc3c([nH]c4ccccc34)C2c2ccc(C)cc2)cc1. The fourth-order valence-electron chi connectivity index (χ4n) is 4.65. The van der Waals surface area contributed by atoms with Crippen LogP contribution in [0.15, 0.2) is 72.8 Å². The Labute approximate surface area is 198 Å². The second-order valence-corrected chi connectivity index (χ2v) is 8.55. The number of benzene rings is 3. The Hall–Kier alpha value is -4.06. The van der Waals surface area contributed by atoms with E-state index in [1.165, 1.54) is 16.5 Å². The number of nitrogens with one attached hydrogen (secondary N) is 2. The van der Waals surface area contributed by atoms with Gasteiger partial charge in [-0.05, 0) is 61.7 Å².